The number of pyridine rings is 1. The second-order valence-corrected chi connectivity index (χ2v) is 5.58. The summed E-state index contributed by atoms with van der Waals surface area (Å²) in [6.07, 6.45) is 2.69. The highest BCUT2D eigenvalue weighted by Gasteiger charge is 2.11. The maximum absolute atomic E-state index is 11.7. The highest BCUT2D eigenvalue weighted by atomic mass is 16.2. The summed E-state index contributed by atoms with van der Waals surface area (Å²) in [7, 11) is 0. The third-order valence-corrected chi connectivity index (χ3v) is 3.63. The van der Waals surface area contributed by atoms with Crippen molar-refractivity contribution in [2.45, 2.75) is 19.4 Å². The molecule has 0 saturated carbocycles. The van der Waals surface area contributed by atoms with Crippen LogP contribution in [0.1, 0.15) is 18.5 Å². The van der Waals surface area contributed by atoms with Crippen LogP contribution in [0.3, 0.4) is 0 Å². The molecule has 0 bridgehead atoms. The van der Waals surface area contributed by atoms with E-state index in [1.165, 1.54) is 0 Å². The van der Waals surface area contributed by atoms with E-state index < -0.39 is 0 Å². The lowest BCUT2D eigenvalue weighted by molar-refractivity contribution is -0.129. The van der Waals surface area contributed by atoms with E-state index in [0.717, 1.165) is 38.3 Å². The minimum Gasteiger partial charge on any atom is -0.354 e. The summed E-state index contributed by atoms with van der Waals surface area (Å²) in [5.41, 5.74) is 1.02. The molecule has 0 aromatic carbocycles. The molecule has 0 atom stereocenters. The molecule has 1 aromatic rings. The number of hydrogen-bond donors (Lipinski definition) is 3. The monoisotopic (exact) mass is 319 g/mol. The van der Waals surface area contributed by atoms with Crippen LogP contribution in [0.4, 0.5) is 0 Å². The maximum Gasteiger partial charge on any atom is 0.229 e. The topological polar surface area (TPSA) is 86.4 Å². The van der Waals surface area contributed by atoms with Gasteiger partial charge in [-0.15, -0.1) is 0 Å². The van der Waals surface area contributed by atoms with Gasteiger partial charge >= 0.3 is 0 Å². The summed E-state index contributed by atoms with van der Waals surface area (Å²) in [5.74, 6) is -0.461. The highest BCUT2D eigenvalue weighted by molar-refractivity contribution is 5.96. The molecule has 0 unspecified atom stereocenters. The first-order valence-electron chi connectivity index (χ1n) is 8.10. The summed E-state index contributed by atoms with van der Waals surface area (Å²) in [6.45, 7) is 5.14. The second-order valence-electron chi connectivity index (χ2n) is 5.58. The largest absolute Gasteiger partial charge is 0.354 e. The van der Waals surface area contributed by atoms with E-state index >= 15 is 0 Å². The SMILES string of the molecule is O=C1CC(=O)NCCN(Cc2ccccn2)CCCNCCN1. The molecule has 1 saturated heterocycles. The summed E-state index contributed by atoms with van der Waals surface area (Å²) < 4.78 is 0. The van der Waals surface area contributed by atoms with E-state index in [0.29, 0.717) is 19.6 Å². The third kappa shape index (κ3) is 7.21. The highest BCUT2D eigenvalue weighted by Crippen LogP contribution is 2.01. The number of hydrogen-bond acceptors (Lipinski definition) is 5. The van der Waals surface area contributed by atoms with Gasteiger partial charge in [-0.2, -0.15) is 0 Å². The van der Waals surface area contributed by atoms with E-state index in [-0.39, 0.29) is 18.2 Å². The van der Waals surface area contributed by atoms with Crippen molar-refractivity contribution in [3.8, 4) is 0 Å². The first kappa shape index (κ1) is 17.4. The van der Waals surface area contributed by atoms with Crippen LogP contribution in [0.25, 0.3) is 0 Å². The normalized spacial score (nSPS) is 19.5. The fourth-order valence-electron chi connectivity index (χ4n) is 2.46. The molecule has 3 N–H and O–H groups in total. The van der Waals surface area contributed by atoms with Crippen molar-refractivity contribution in [2.24, 2.45) is 0 Å². The van der Waals surface area contributed by atoms with Gasteiger partial charge in [-0.1, -0.05) is 6.07 Å². The number of rotatable bonds is 2. The van der Waals surface area contributed by atoms with Crippen molar-refractivity contribution in [3.05, 3.63) is 30.1 Å². The molecule has 0 radical (unpaired) electrons. The molecular formula is C16H25N5O2. The van der Waals surface area contributed by atoms with E-state index in [9.17, 15) is 9.59 Å². The summed E-state index contributed by atoms with van der Waals surface area (Å²) >= 11 is 0. The molecular weight excluding hydrogens is 294 g/mol. The molecule has 1 fully saturated rings. The van der Waals surface area contributed by atoms with E-state index in [4.69, 9.17) is 0 Å². The van der Waals surface area contributed by atoms with Gasteiger partial charge in [0, 0.05) is 38.9 Å². The molecule has 1 aromatic heterocycles. The van der Waals surface area contributed by atoms with Crippen LogP contribution in [0.5, 0.6) is 0 Å². The molecule has 126 valence electrons. The number of amides is 2. The van der Waals surface area contributed by atoms with Gasteiger partial charge in [-0.3, -0.25) is 19.5 Å². The number of aromatic nitrogens is 1. The van der Waals surface area contributed by atoms with Crippen LogP contribution in [0, 0.1) is 0 Å². The fourth-order valence-corrected chi connectivity index (χ4v) is 2.46. The van der Waals surface area contributed by atoms with Crippen molar-refractivity contribution < 1.29 is 9.59 Å². The summed E-state index contributed by atoms with van der Waals surface area (Å²) in [5, 5.41) is 8.83. The Hall–Kier alpha value is -1.99. The van der Waals surface area contributed by atoms with E-state index in [2.05, 4.69) is 25.8 Å². The van der Waals surface area contributed by atoms with Crippen LogP contribution >= 0.6 is 0 Å². The Morgan fingerprint density at radius 2 is 1.83 bits per heavy atom. The molecule has 1 aliphatic heterocycles. The molecule has 7 nitrogen and oxygen atoms in total. The van der Waals surface area contributed by atoms with Gasteiger partial charge < -0.3 is 16.0 Å². The van der Waals surface area contributed by atoms with Crippen LogP contribution < -0.4 is 16.0 Å². The Kier molecular flexibility index (Phi) is 7.48. The Morgan fingerprint density at radius 3 is 2.61 bits per heavy atom. The molecule has 23 heavy (non-hydrogen) atoms. The third-order valence-electron chi connectivity index (χ3n) is 3.63. The maximum atomic E-state index is 11.7. The van der Waals surface area contributed by atoms with E-state index in [1.807, 2.05) is 18.2 Å². The number of nitrogens with one attached hydrogen (secondary N) is 3. The summed E-state index contributed by atoms with van der Waals surface area (Å²) in [6, 6.07) is 5.89. The standard InChI is InChI=1S/C16H25N5O2/c22-15-12-16(23)20-9-11-21(10-3-5-17-7-8-19-15)13-14-4-1-2-6-18-14/h1-2,4,6,17H,3,5,7-13H2,(H,19,22)(H,20,23). The molecule has 2 heterocycles. The number of carbonyl (C=O) groups excluding carboxylic acids is 2. The van der Waals surface area contributed by atoms with Gasteiger partial charge in [0.1, 0.15) is 6.42 Å². The Balaban J connectivity index is 1.87. The van der Waals surface area contributed by atoms with Crippen molar-refractivity contribution in [2.75, 3.05) is 39.3 Å². The van der Waals surface area contributed by atoms with Gasteiger partial charge in [0.25, 0.3) is 0 Å². The van der Waals surface area contributed by atoms with Crippen LogP contribution in [0.2, 0.25) is 0 Å². The Morgan fingerprint density at radius 1 is 1.00 bits per heavy atom. The zero-order valence-electron chi connectivity index (χ0n) is 13.4. The lowest BCUT2D eigenvalue weighted by Gasteiger charge is -2.22. The molecule has 7 heteroatoms. The average Bonchev–Trinajstić information content (AvgIpc) is 2.54. The molecule has 1 aliphatic rings. The van der Waals surface area contributed by atoms with Gasteiger partial charge in [0.15, 0.2) is 0 Å². The molecule has 0 aliphatic carbocycles. The fraction of sp³-hybridized carbons (Fsp3) is 0.562. The summed E-state index contributed by atoms with van der Waals surface area (Å²) in [4.78, 5) is 29.9. The second kappa shape index (κ2) is 9.91. The van der Waals surface area contributed by atoms with Gasteiger partial charge in [0.2, 0.25) is 11.8 Å². The van der Waals surface area contributed by atoms with Crippen molar-refractivity contribution in [3.63, 3.8) is 0 Å². The average molecular weight is 319 g/mol. The van der Waals surface area contributed by atoms with E-state index in [1.54, 1.807) is 6.20 Å². The van der Waals surface area contributed by atoms with Gasteiger partial charge in [0.05, 0.1) is 5.69 Å². The van der Waals surface area contributed by atoms with Gasteiger partial charge in [-0.25, -0.2) is 0 Å². The smallest absolute Gasteiger partial charge is 0.229 e. The first-order chi connectivity index (χ1) is 11.2. The Bertz CT molecular complexity index is 495. The first-order valence-corrected chi connectivity index (χ1v) is 8.10. The lowest BCUT2D eigenvalue weighted by Crippen LogP contribution is -2.40. The molecule has 0 spiro atoms. The Labute approximate surface area is 136 Å². The minimum absolute atomic E-state index is 0.111. The number of nitrogens with zero attached hydrogens (tertiary/aromatic N) is 2. The minimum atomic E-state index is -0.231. The quantitative estimate of drug-likeness (QED) is 0.640. The van der Waals surface area contributed by atoms with Crippen LogP contribution in [-0.4, -0.2) is 61.0 Å². The van der Waals surface area contributed by atoms with Crippen LogP contribution in [0.15, 0.2) is 24.4 Å². The number of carbonyl (C=O) groups is 2. The lowest BCUT2D eigenvalue weighted by atomic mass is 10.3. The zero-order valence-corrected chi connectivity index (χ0v) is 13.4. The predicted molar refractivity (Wildman–Crippen MR) is 87.6 cm³/mol. The van der Waals surface area contributed by atoms with Crippen molar-refractivity contribution in [1.29, 1.82) is 0 Å². The van der Waals surface area contributed by atoms with Crippen molar-refractivity contribution >= 4 is 11.8 Å². The predicted octanol–water partition coefficient (Wildman–Crippen LogP) is -0.501. The molecule has 2 rings (SSSR count). The zero-order chi connectivity index (χ0) is 16.3. The van der Waals surface area contributed by atoms with Crippen LogP contribution in [-0.2, 0) is 16.1 Å². The van der Waals surface area contributed by atoms with Gasteiger partial charge in [-0.05, 0) is 31.6 Å². The van der Waals surface area contributed by atoms with Crippen molar-refractivity contribution in [1.82, 2.24) is 25.8 Å². The molecule has 2 amide bonds.